The predicted octanol–water partition coefficient (Wildman–Crippen LogP) is 4.34. The fourth-order valence-corrected chi connectivity index (χ4v) is 5.98. The summed E-state index contributed by atoms with van der Waals surface area (Å²) in [4.78, 5) is 21.6. The summed E-state index contributed by atoms with van der Waals surface area (Å²) in [5.41, 5.74) is 5.36. The molecule has 4 aromatic rings. The normalized spacial score (nSPS) is 14.1. The van der Waals surface area contributed by atoms with E-state index in [1.807, 2.05) is 36.5 Å². The Morgan fingerprint density at radius 1 is 0.900 bits per heavy atom. The van der Waals surface area contributed by atoms with Gasteiger partial charge in [0.05, 0.1) is 19.1 Å². The Bertz CT molecular complexity index is 1550. The lowest BCUT2D eigenvalue weighted by molar-refractivity contribution is 0.0981. The number of carbonyl (C=O) groups excluding carboxylic acids is 1. The van der Waals surface area contributed by atoms with Gasteiger partial charge in [-0.1, -0.05) is 54.6 Å². The van der Waals surface area contributed by atoms with Crippen molar-refractivity contribution in [2.45, 2.75) is 12.3 Å². The number of hydrogen-bond acceptors (Lipinski definition) is 7. The first-order valence-corrected chi connectivity index (χ1v) is 14.8. The second-order valence-electron chi connectivity index (χ2n) is 9.76. The van der Waals surface area contributed by atoms with E-state index in [9.17, 15) is 13.2 Å². The molecular formula is C31H32N4O4S. The molecule has 40 heavy (non-hydrogen) atoms. The molecule has 1 aliphatic heterocycles. The summed E-state index contributed by atoms with van der Waals surface area (Å²) in [7, 11) is -2.15. The molecule has 5 rings (SSSR count). The predicted molar refractivity (Wildman–Crippen MR) is 157 cm³/mol. The minimum absolute atomic E-state index is 0.247. The molecule has 0 aliphatic carbocycles. The number of nitrogens with one attached hydrogen (secondary N) is 1. The molecule has 1 aromatic heterocycles. The zero-order valence-electron chi connectivity index (χ0n) is 22.4. The second kappa shape index (κ2) is 12.3. The van der Waals surface area contributed by atoms with Crippen LogP contribution in [0.25, 0.3) is 11.1 Å². The molecule has 9 heteroatoms. The quantitative estimate of drug-likeness (QED) is 0.328. The summed E-state index contributed by atoms with van der Waals surface area (Å²) in [5, 5.41) is 0. The van der Waals surface area contributed by atoms with Gasteiger partial charge in [0.2, 0.25) is 10.0 Å². The topological polar surface area (TPSA) is 91.8 Å². The highest BCUT2D eigenvalue weighted by molar-refractivity contribution is 7.89. The maximum Gasteiger partial charge on any atom is 0.264 e. The summed E-state index contributed by atoms with van der Waals surface area (Å²) >= 11 is 0. The number of nitrogens with zero attached hydrogens (tertiary/aromatic N) is 3. The van der Waals surface area contributed by atoms with Crippen LogP contribution in [0.15, 0.2) is 97.3 Å². The number of hydrogen-bond donors (Lipinski definition) is 1. The highest BCUT2D eigenvalue weighted by Gasteiger charge is 2.20. The number of benzene rings is 3. The first-order chi connectivity index (χ1) is 19.4. The van der Waals surface area contributed by atoms with Crippen LogP contribution >= 0.6 is 0 Å². The number of anilines is 1. The second-order valence-corrected chi connectivity index (χ2v) is 11.5. The van der Waals surface area contributed by atoms with Crippen molar-refractivity contribution < 1.29 is 17.9 Å². The molecule has 2 heterocycles. The number of ether oxygens (including phenoxy) is 1. The summed E-state index contributed by atoms with van der Waals surface area (Å²) in [6.07, 6.45) is 3.57. The summed E-state index contributed by atoms with van der Waals surface area (Å²) in [6, 6.07) is 26.3. The Kier molecular flexibility index (Phi) is 8.42. The smallest absolute Gasteiger partial charge is 0.264 e. The third-order valence-corrected chi connectivity index (χ3v) is 8.20. The van der Waals surface area contributed by atoms with E-state index in [1.165, 1.54) is 5.56 Å². The molecule has 0 atom stereocenters. The van der Waals surface area contributed by atoms with Crippen molar-refractivity contribution >= 4 is 21.6 Å². The van der Waals surface area contributed by atoms with Crippen LogP contribution in [0.5, 0.6) is 5.75 Å². The van der Waals surface area contributed by atoms with Crippen molar-refractivity contribution in [2.24, 2.45) is 0 Å². The molecule has 0 unspecified atom stereocenters. The molecule has 0 radical (unpaired) electrons. The molecule has 0 spiro atoms. The summed E-state index contributed by atoms with van der Waals surface area (Å²) < 4.78 is 32.4. The van der Waals surface area contributed by atoms with Crippen molar-refractivity contribution in [3.63, 3.8) is 0 Å². The zero-order chi connectivity index (χ0) is 28.0. The van der Waals surface area contributed by atoms with Crippen LogP contribution in [0, 0.1) is 0 Å². The van der Waals surface area contributed by atoms with Crippen LogP contribution in [-0.2, 0) is 22.3 Å². The van der Waals surface area contributed by atoms with Crippen molar-refractivity contribution in [3.05, 3.63) is 114 Å². The monoisotopic (exact) mass is 556 g/mol. The van der Waals surface area contributed by atoms with Gasteiger partial charge in [-0.2, -0.15) is 0 Å². The third kappa shape index (κ3) is 6.86. The number of methoxy groups -OCH3 is 1. The standard InChI is InChI=1S/C31H32N4O4S/c1-39-29-19-27(20-32-21-29)30-10-6-5-9-26(30)22-34-15-17-35(18-16-34)28-13-11-25(12-14-28)31(36)33-40(37,38)23-24-7-3-2-4-8-24/h2-14,19-21H,15-18,22-23H2,1H3,(H,33,36). The van der Waals surface area contributed by atoms with Gasteiger partial charge >= 0.3 is 0 Å². The first-order valence-electron chi connectivity index (χ1n) is 13.1. The Morgan fingerprint density at radius 2 is 1.60 bits per heavy atom. The minimum atomic E-state index is -3.79. The van der Waals surface area contributed by atoms with E-state index >= 15 is 0 Å². The van der Waals surface area contributed by atoms with Gasteiger partial charge in [0.1, 0.15) is 5.75 Å². The summed E-state index contributed by atoms with van der Waals surface area (Å²) in [5.74, 6) is -0.140. The van der Waals surface area contributed by atoms with Crippen molar-refractivity contribution in [2.75, 3.05) is 38.2 Å². The van der Waals surface area contributed by atoms with Gasteiger partial charge in [0, 0.05) is 55.7 Å². The van der Waals surface area contributed by atoms with Crippen molar-refractivity contribution in [1.82, 2.24) is 14.6 Å². The number of carbonyl (C=O) groups is 1. The van der Waals surface area contributed by atoms with E-state index in [4.69, 9.17) is 4.74 Å². The number of amides is 1. The molecule has 8 nitrogen and oxygen atoms in total. The zero-order valence-corrected chi connectivity index (χ0v) is 23.2. The van der Waals surface area contributed by atoms with Gasteiger partial charge in [-0.25, -0.2) is 13.1 Å². The number of sulfonamides is 1. The van der Waals surface area contributed by atoms with Gasteiger partial charge in [0.25, 0.3) is 5.91 Å². The summed E-state index contributed by atoms with van der Waals surface area (Å²) in [6.45, 7) is 4.31. The van der Waals surface area contributed by atoms with Crippen molar-refractivity contribution in [1.29, 1.82) is 0 Å². The van der Waals surface area contributed by atoms with E-state index < -0.39 is 15.9 Å². The van der Waals surface area contributed by atoms with Crippen LogP contribution in [-0.4, -0.2) is 57.5 Å². The lowest BCUT2D eigenvalue weighted by Crippen LogP contribution is -2.46. The number of rotatable bonds is 9. The van der Waals surface area contributed by atoms with Crippen molar-refractivity contribution in [3.8, 4) is 16.9 Å². The fourth-order valence-electron chi connectivity index (χ4n) is 4.88. The number of pyridine rings is 1. The van der Waals surface area contributed by atoms with Gasteiger partial charge < -0.3 is 9.64 Å². The average Bonchev–Trinajstić information content (AvgIpc) is 2.98. The van der Waals surface area contributed by atoms with Crippen LogP contribution in [0.4, 0.5) is 5.69 Å². The van der Waals surface area contributed by atoms with Crippen LogP contribution in [0.1, 0.15) is 21.5 Å². The van der Waals surface area contributed by atoms with Gasteiger partial charge in [-0.3, -0.25) is 14.7 Å². The molecule has 3 aromatic carbocycles. The minimum Gasteiger partial charge on any atom is -0.495 e. The fraction of sp³-hybridized carbons (Fsp3) is 0.226. The van der Waals surface area contributed by atoms with E-state index in [-0.39, 0.29) is 5.75 Å². The Balaban J connectivity index is 1.17. The molecular weight excluding hydrogens is 524 g/mol. The number of aromatic nitrogens is 1. The van der Waals surface area contributed by atoms with Gasteiger partial charge in [0.15, 0.2) is 0 Å². The largest absolute Gasteiger partial charge is 0.495 e. The van der Waals surface area contributed by atoms with Crippen LogP contribution < -0.4 is 14.4 Å². The van der Waals surface area contributed by atoms with E-state index in [2.05, 4.69) is 37.7 Å². The molecule has 1 N–H and O–H groups in total. The van der Waals surface area contributed by atoms with E-state index in [0.29, 0.717) is 11.1 Å². The molecule has 206 valence electrons. The lowest BCUT2D eigenvalue weighted by Gasteiger charge is -2.36. The highest BCUT2D eigenvalue weighted by Crippen LogP contribution is 2.27. The molecule has 1 amide bonds. The molecule has 0 saturated carbocycles. The molecule has 0 bridgehead atoms. The first kappa shape index (κ1) is 27.4. The molecule has 1 fully saturated rings. The number of piperazine rings is 1. The van der Waals surface area contributed by atoms with Gasteiger partial charge in [-0.15, -0.1) is 0 Å². The molecule has 1 saturated heterocycles. The van der Waals surface area contributed by atoms with Crippen LogP contribution in [0.2, 0.25) is 0 Å². The molecule has 1 aliphatic rings. The lowest BCUT2D eigenvalue weighted by atomic mass is 10.0. The SMILES string of the molecule is COc1cncc(-c2ccccc2CN2CCN(c3ccc(C(=O)NS(=O)(=O)Cc4ccccc4)cc3)CC2)c1. The maximum atomic E-state index is 12.6. The Hall–Kier alpha value is -4.21. The average molecular weight is 557 g/mol. The van der Waals surface area contributed by atoms with E-state index in [0.717, 1.165) is 55.3 Å². The van der Waals surface area contributed by atoms with Gasteiger partial charge in [-0.05, 0) is 47.0 Å². The third-order valence-electron chi connectivity index (χ3n) is 6.99. The highest BCUT2D eigenvalue weighted by atomic mass is 32.2. The Labute approximate surface area is 235 Å². The van der Waals surface area contributed by atoms with Crippen LogP contribution in [0.3, 0.4) is 0 Å². The Morgan fingerprint density at radius 3 is 2.33 bits per heavy atom. The maximum absolute atomic E-state index is 12.6. The van der Waals surface area contributed by atoms with E-state index in [1.54, 1.807) is 49.7 Å².